The van der Waals surface area contributed by atoms with Crippen LogP contribution in [0.3, 0.4) is 0 Å². The lowest BCUT2D eigenvalue weighted by atomic mass is 9.97. The second kappa shape index (κ2) is 10.8. The molecule has 0 bridgehead atoms. The van der Waals surface area contributed by atoms with Crippen molar-refractivity contribution in [1.29, 1.82) is 0 Å². The van der Waals surface area contributed by atoms with Gasteiger partial charge in [-0.1, -0.05) is 31.2 Å². The van der Waals surface area contributed by atoms with E-state index in [4.69, 9.17) is 5.73 Å². The number of nitrogens with two attached hydrogens (primary N) is 1. The Morgan fingerprint density at radius 3 is 2.77 bits per heavy atom. The molecule has 1 aliphatic rings. The molecule has 1 saturated heterocycles. The maximum atomic E-state index is 11.4. The van der Waals surface area contributed by atoms with E-state index in [1.807, 2.05) is 0 Å². The number of rotatable bonds is 8. The lowest BCUT2D eigenvalue weighted by Gasteiger charge is -2.31. The van der Waals surface area contributed by atoms with E-state index in [0.29, 0.717) is 0 Å². The minimum absolute atomic E-state index is 0.0183. The molecular formula is C20H33N5O. The van der Waals surface area contributed by atoms with Crippen LogP contribution >= 0.6 is 0 Å². The zero-order valence-corrected chi connectivity index (χ0v) is 16.1. The number of carbonyl (C=O) groups is 1. The van der Waals surface area contributed by atoms with Gasteiger partial charge in [-0.15, -0.1) is 0 Å². The molecule has 0 aliphatic carbocycles. The molecule has 0 aromatic heterocycles. The average Bonchev–Trinajstić information content (AvgIpc) is 2.67. The van der Waals surface area contributed by atoms with Gasteiger partial charge >= 0.3 is 0 Å². The Morgan fingerprint density at radius 2 is 2.08 bits per heavy atom. The predicted octanol–water partition coefficient (Wildman–Crippen LogP) is 1.50. The Morgan fingerprint density at radius 1 is 1.31 bits per heavy atom. The van der Waals surface area contributed by atoms with Crippen molar-refractivity contribution in [2.24, 2.45) is 16.6 Å². The Labute approximate surface area is 157 Å². The van der Waals surface area contributed by atoms with Gasteiger partial charge in [0.1, 0.15) is 0 Å². The Hall–Kier alpha value is -2.08. The average molecular weight is 360 g/mol. The van der Waals surface area contributed by atoms with E-state index >= 15 is 0 Å². The second-order valence-corrected chi connectivity index (χ2v) is 6.87. The molecule has 1 aliphatic heterocycles. The van der Waals surface area contributed by atoms with Crippen LogP contribution in [-0.2, 0) is 17.8 Å². The van der Waals surface area contributed by atoms with E-state index in [0.717, 1.165) is 64.4 Å². The largest absolute Gasteiger partial charge is 0.369 e. The van der Waals surface area contributed by atoms with Crippen molar-refractivity contribution in [1.82, 2.24) is 15.5 Å². The fraction of sp³-hybridized carbons (Fsp3) is 0.600. The maximum absolute atomic E-state index is 11.4. The molecule has 1 amide bonds. The first-order valence-electron chi connectivity index (χ1n) is 9.67. The molecule has 1 aromatic carbocycles. The third-order valence-corrected chi connectivity index (χ3v) is 5.02. The molecule has 1 atom stereocenters. The predicted molar refractivity (Wildman–Crippen MR) is 107 cm³/mol. The summed E-state index contributed by atoms with van der Waals surface area (Å²) in [4.78, 5) is 18.0. The van der Waals surface area contributed by atoms with Crippen LogP contribution in [0.1, 0.15) is 37.3 Å². The second-order valence-electron chi connectivity index (χ2n) is 6.87. The minimum Gasteiger partial charge on any atom is -0.369 e. The number of hydrogen-bond donors (Lipinski definition) is 3. The van der Waals surface area contributed by atoms with Gasteiger partial charge in [-0.05, 0) is 49.9 Å². The van der Waals surface area contributed by atoms with Crippen LogP contribution in [0.4, 0.5) is 0 Å². The van der Waals surface area contributed by atoms with Gasteiger partial charge in [-0.25, -0.2) is 0 Å². The van der Waals surface area contributed by atoms with Gasteiger partial charge in [0.15, 0.2) is 5.96 Å². The number of aliphatic imine (C=N–C) groups is 1. The summed E-state index contributed by atoms with van der Waals surface area (Å²) in [5.41, 5.74) is 8.12. The van der Waals surface area contributed by atoms with Crippen LogP contribution < -0.4 is 16.4 Å². The molecule has 0 saturated carbocycles. The number of guanidine groups is 1. The molecule has 0 radical (unpaired) electrons. The number of carbonyl (C=O) groups excluding carboxylic acids is 1. The van der Waals surface area contributed by atoms with E-state index in [-0.39, 0.29) is 11.8 Å². The zero-order valence-electron chi connectivity index (χ0n) is 16.1. The molecule has 0 spiro atoms. The standard InChI is InChI=1S/C20H33N5O/c1-3-16-8-4-5-9-17(16)14-24-20(22-2)23-11-7-13-25-12-6-10-18(15-25)19(21)26/h4-5,8-9,18H,3,6-7,10-15H2,1-2H3,(H2,21,26)(H2,22,23,24). The number of aryl methyl sites for hydroxylation is 1. The summed E-state index contributed by atoms with van der Waals surface area (Å²) >= 11 is 0. The number of piperidine rings is 1. The smallest absolute Gasteiger partial charge is 0.221 e. The monoisotopic (exact) mass is 359 g/mol. The quantitative estimate of drug-likeness (QED) is 0.373. The molecule has 1 aromatic rings. The highest BCUT2D eigenvalue weighted by Crippen LogP contribution is 2.15. The molecule has 1 fully saturated rings. The number of likely N-dealkylation sites (tertiary alicyclic amines) is 1. The highest BCUT2D eigenvalue weighted by molar-refractivity contribution is 5.79. The summed E-state index contributed by atoms with van der Waals surface area (Å²) in [6.45, 7) is 6.64. The highest BCUT2D eigenvalue weighted by atomic mass is 16.1. The van der Waals surface area contributed by atoms with E-state index in [1.54, 1.807) is 7.05 Å². The van der Waals surface area contributed by atoms with E-state index in [2.05, 4.69) is 51.7 Å². The van der Waals surface area contributed by atoms with Crippen LogP contribution in [0, 0.1) is 5.92 Å². The van der Waals surface area contributed by atoms with Crippen LogP contribution in [-0.4, -0.2) is 50.0 Å². The molecule has 2 rings (SSSR count). The number of primary amides is 1. The topological polar surface area (TPSA) is 82.8 Å². The number of benzene rings is 1. The summed E-state index contributed by atoms with van der Waals surface area (Å²) in [6.07, 6.45) is 4.03. The van der Waals surface area contributed by atoms with Crippen molar-refractivity contribution in [3.63, 3.8) is 0 Å². The number of amides is 1. The van der Waals surface area contributed by atoms with Crippen LogP contribution in [0.5, 0.6) is 0 Å². The van der Waals surface area contributed by atoms with Crippen molar-refractivity contribution in [2.75, 3.05) is 33.2 Å². The highest BCUT2D eigenvalue weighted by Gasteiger charge is 2.23. The summed E-state index contributed by atoms with van der Waals surface area (Å²) in [5.74, 6) is 0.680. The lowest BCUT2D eigenvalue weighted by Crippen LogP contribution is -2.42. The number of nitrogens with zero attached hydrogens (tertiary/aromatic N) is 2. The van der Waals surface area contributed by atoms with Gasteiger partial charge < -0.3 is 21.3 Å². The van der Waals surface area contributed by atoms with Crippen LogP contribution in [0.2, 0.25) is 0 Å². The molecule has 6 heteroatoms. The Kier molecular flexibility index (Phi) is 8.41. The van der Waals surface area contributed by atoms with Gasteiger partial charge in [0.25, 0.3) is 0 Å². The molecule has 1 unspecified atom stereocenters. The van der Waals surface area contributed by atoms with Crippen molar-refractivity contribution in [2.45, 2.75) is 39.2 Å². The van der Waals surface area contributed by atoms with Gasteiger partial charge in [-0.3, -0.25) is 9.79 Å². The first-order chi connectivity index (χ1) is 12.6. The summed E-state index contributed by atoms with van der Waals surface area (Å²) < 4.78 is 0. The van der Waals surface area contributed by atoms with E-state index in [1.165, 1.54) is 11.1 Å². The molecule has 1 heterocycles. The van der Waals surface area contributed by atoms with Gasteiger partial charge in [0.2, 0.25) is 5.91 Å². The SMILES string of the molecule is CCc1ccccc1CNC(=NC)NCCCN1CCCC(C(N)=O)C1. The zero-order chi connectivity index (χ0) is 18.8. The molecule has 26 heavy (non-hydrogen) atoms. The van der Waals surface area contributed by atoms with Crippen molar-refractivity contribution >= 4 is 11.9 Å². The van der Waals surface area contributed by atoms with Gasteiger partial charge in [0, 0.05) is 26.7 Å². The molecule has 4 N–H and O–H groups in total. The molecule has 144 valence electrons. The van der Waals surface area contributed by atoms with Crippen molar-refractivity contribution in [3.05, 3.63) is 35.4 Å². The third kappa shape index (κ3) is 6.33. The van der Waals surface area contributed by atoms with Crippen LogP contribution in [0.25, 0.3) is 0 Å². The van der Waals surface area contributed by atoms with Crippen LogP contribution in [0.15, 0.2) is 29.3 Å². The lowest BCUT2D eigenvalue weighted by molar-refractivity contribution is -0.123. The fourth-order valence-corrected chi connectivity index (χ4v) is 3.47. The van der Waals surface area contributed by atoms with Crippen molar-refractivity contribution in [3.8, 4) is 0 Å². The Bertz CT molecular complexity index is 602. The molecular weight excluding hydrogens is 326 g/mol. The normalized spacial score (nSPS) is 18.5. The summed E-state index contributed by atoms with van der Waals surface area (Å²) in [5, 5.41) is 6.76. The summed E-state index contributed by atoms with van der Waals surface area (Å²) in [7, 11) is 1.79. The minimum atomic E-state index is -0.162. The van der Waals surface area contributed by atoms with E-state index in [9.17, 15) is 4.79 Å². The van der Waals surface area contributed by atoms with Gasteiger partial charge in [-0.2, -0.15) is 0 Å². The first kappa shape index (κ1) is 20.2. The number of nitrogens with one attached hydrogen (secondary N) is 2. The molecule has 6 nitrogen and oxygen atoms in total. The van der Waals surface area contributed by atoms with Gasteiger partial charge in [0.05, 0.1) is 5.92 Å². The first-order valence-corrected chi connectivity index (χ1v) is 9.67. The maximum Gasteiger partial charge on any atom is 0.221 e. The third-order valence-electron chi connectivity index (χ3n) is 5.02. The summed E-state index contributed by atoms with van der Waals surface area (Å²) in [6, 6.07) is 8.49. The van der Waals surface area contributed by atoms with Crippen molar-refractivity contribution < 1.29 is 4.79 Å². The number of hydrogen-bond acceptors (Lipinski definition) is 3. The Balaban J connectivity index is 1.68. The fourth-order valence-electron chi connectivity index (χ4n) is 3.47. The van der Waals surface area contributed by atoms with E-state index < -0.39 is 0 Å².